The van der Waals surface area contributed by atoms with Gasteiger partial charge in [0.1, 0.15) is 36.6 Å². The Hall–Kier alpha value is -0.760. The summed E-state index contributed by atoms with van der Waals surface area (Å²) in [5, 5.41) is 144. The molecule has 19 nitrogen and oxygen atoms in total. The summed E-state index contributed by atoms with van der Waals surface area (Å²) in [6, 6.07) is 0. The fourth-order valence-corrected chi connectivity index (χ4v) is 0.346. The summed E-state index contributed by atoms with van der Waals surface area (Å²) in [7, 11) is 0. The van der Waals surface area contributed by atoms with E-state index in [4.69, 9.17) is 97.7 Å². The number of aliphatic hydroxyl groups excluding tert-OH is 18. The Morgan fingerprint density at radius 1 is 0.325 bits per heavy atom. The summed E-state index contributed by atoms with van der Waals surface area (Å²) < 4.78 is 0. The van der Waals surface area contributed by atoms with Gasteiger partial charge in [-0.1, -0.05) is 6.92 Å². The van der Waals surface area contributed by atoms with Crippen molar-refractivity contribution in [1.82, 2.24) is 0 Å². The van der Waals surface area contributed by atoms with Crippen LogP contribution >= 0.6 is 0 Å². The summed E-state index contributed by atoms with van der Waals surface area (Å²) >= 11 is 0. The maximum absolute atomic E-state index is 8.17. The Morgan fingerprint density at radius 3 is 0.400 bits per heavy atom. The van der Waals surface area contributed by atoms with Crippen LogP contribution in [0, 0.1) is 0 Å². The van der Waals surface area contributed by atoms with E-state index in [2.05, 4.69) is 6.92 Å². The van der Waals surface area contributed by atoms with Crippen LogP contribution in [0.1, 0.15) is 13.3 Å². The first-order valence-corrected chi connectivity index (χ1v) is 11.9. The van der Waals surface area contributed by atoms with E-state index in [0.717, 1.165) is 13.0 Å². The first kappa shape index (κ1) is 55.2. The van der Waals surface area contributed by atoms with Gasteiger partial charge in [0.15, 0.2) is 0 Å². The molecule has 0 radical (unpaired) electrons. The van der Waals surface area contributed by atoms with E-state index in [1.165, 1.54) is 0 Å². The van der Waals surface area contributed by atoms with Crippen LogP contribution in [0.2, 0.25) is 0 Å². The molecule has 0 unspecified atom stereocenters. The van der Waals surface area contributed by atoms with Crippen LogP contribution in [0.5, 0.6) is 0 Å². The quantitative estimate of drug-likeness (QED) is 0.0918. The van der Waals surface area contributed by atoms with Crippen molar-refractivity contribution in [2.45, 2.75) is 50.0 Å². The van der Waals surface area contributed by atoms with Crippen molar-refractivity contribution >= 4 is 0 Å². The molecule has 0 bridgehead atoms. The van der Waals surface area contributed by atoms with Crippen molar-refractivity contribution < 1.29 is 91.9 Å². The van der Waals surface area contributed by atoms with E-state index >= 15 is 0 Å². The molecule has 0 amide bonds. The highest BCUT2D eigenvalue weighted by Crippen LogP contribution is 1.74. The average Bonchev–Trinajstić information content (AvgIpc) is 3.03. The van der Waals surface area contributed by atoms with E-state index in [-0.39, 0.29) is 79.3 Å². The van der Waals surface area contributed by atoms with Crippen molar-refractivity contribution in [3.8, 4) is 0 Å². The highest BCUT2D eigenvalue weighted by atomic mass is 16.4. The maximum Gasteiger partial charge on any atom is 0.100 e. The predicted molar refractivity (Wildman–Crippen MR) is 140 cm³/mol. The Balaban J connectivity index is -0.0000000637. The molecule has 0 aromatic rings. The smallest absolute Gasteiger partial charge is 0.100 e. The van der Waals surface area contributed by atoms with Gasteiger partial charge >= 0.3 is 0 Å². The topological polar surface area (TPSA) is 390 Å². The van der Waals surface area contributed by atoms with Crippen LogP contribution in [0.4, 0.5) is 0 Å². The minimum Gasteiger partial charge on any atom is -0.394 e. The Morgan fingerprint density at radius 2 is 0.400 bits per heavy atom. The Bertz CT molecular complexity index is 262. The molecule has 0 rings (SSSR count). The lowest BCUT2D eigenvalue weighted by Crippen LogP contribution is -2.15. The third kappa shape index (κ3) is 83.2. The highest BCUT2D eigenvalue weighted by Gasteiger charge is 1.96. The number of nitrogens with two attached hydrogens (primary N) is 1. The summed E-state index contributed by atoms with van der Waals surface area (Å²) in [5.41, 5.74) is 5.03. The Kier molecular flexibility index (Phi) is 75.0. The number of rotatable bonds is 13. The van der Waals surface area contributed by atoms with Crippen molar-refractivity contribution in [2.24, 2.45) is 5.73 Å². The van der Waals surface area contributed by atoms with Crippen LogP contribution < -0.4 is 5.73 Å². The molecular weight excluding hydrogens is 554 g/mol. The van der Waals surface area contributed by atoms with Gasteiger partial charge in [-0.2, -0.15) is 0 Å². The minimum absolute atomic E-state index is 0.365. The van der Waals surface area contributed by atoms with E-state index in [9.17, 15) is 0 Å². The van der Waals surface area contributed by atoms with E-state index in [1.54, 1.807) is 0 Å². The summed E-state index contributed by atoms with van der Waals surface area (Å²) in [5.74, 6) is 0. The molecule has 0 aliphatic heterocycles. The second kappa shape index (κ2) is 54.3. The third-order valence-electron chi connectivity index (χ3n) is 2.82. The van der Waals surface area contributed by atoms with E-state index < -0.39 is 36.6 Å². The van der Waals surface area contributed by atoms with Gasteiger partial charge < -0.3 is 97.7 Å². The van der Waals surface area contributed by atoms with Crippen molar-refractivity contribution in [2.75, 3.05) is 85.8 Å². The summed E-state index contributed by atoms with van der Waals surface area (Å²) in [6.07, 6.45) is -4.63. The molecule has 0 aliphatic carbocycles. The molecule has 0 heterocycles. The molecule has 0 aromatic heterocycles. The molecular formula is C21H57NO18. The number of aliphatic hydroxyl groups is 18. The molecule has 0 saturated heterocycles. The van der Waals surface area contributed by atoms with Gasteiger partial charge in [-0.25, -0.2) is 0 Å². The zero-order valence-corrected chi connectivity index (χ0v) is 23.0. The normalized spacial score (nSPS) is 9.75. The second-order valence-corrected chi connectivity index (χ2v) is 6.90. The average molecular weight is 612 g/mol. The SMILES string of the molecule is CCCN.OCC(O)CO.OCC(O)CO.OCC(O)CO.OCC(O)CO.OCC(O)CO.OCC(O)CO. The molecule has 254 valence electrons. The van der Waals surface area contributed by atoms with Crippen LogP contribution in [-0.4, -0.2) is 214 Å². The monoisotopic (exact) mass is 611 g/mol. The van der Waals surface area contributed by atoms with Gasteiger partial charge in [0, 0.05) is 0 Å². The van der Waals surface area contributed by atoms with Gasteiger partial charge in [0.05, 0.1) is 79.3 Å². The Labute approximate surface area is 234 Å². The second-order valence-electron chi connectivity index (χ2n) is 6.90. The lowest BCUT2D eigenvalue weighted by Gasteiger charge is -1.96. The first-order chi connectivity index (χ1) is 18.8. The molecule has 19 heteroatoms. The number of hydrogen-bond donors (Lipinski definition) is 19. The first-order valence-electron chi connectivity index (χ1n) is 11.9. The largest absolute Gasteiger partial charge is 0.394 e. The molecule has 40 heavy (non-hydrogen) atoms. The lowest BCUT2D eigenvalue weighted by molar-refractivity contribution is 0.0450. The van der Waals surface area contributed by atoms with Gasteiger partial charge in [0.2, 0.25) is 0 Å². The predicted octanol–water partition coefficient (Wildman–Crippen LogP) is -9.65. The summed E-state index contributed by atoms with van der Waals surface area (Å²) in [6.45, 7) is -1.50. The molecule has 0 saturated carbocycles. The van der Waals surface area contributed by atoms with Crippen molar-refractivity contribution in [1.29, 1.82) is 0 Å². The zero-order valence-electron chi connectivity index (χ0n) is 23.0. The summed E-state index contributed by atoms with van der Waals surface area (Å²) in [4.78, 5) is 0. The fraction of sp³-hybridized carbons (Fsp3) is 1.00. The molecule has 0 aliphatic rings. The minimum atomic E-state index is -0.954. The van der Waals surface area contributed by atoms with Crippen molar-refractivity contribution in [3.05, 3.63) is 0 Å². The van der Waals surface area contributed by atoms with Gasteiger partial charge in [-0.3, -0.25) is 0 Å². The van der Waals surface area contributed by atoms with Crippen LogP contribution in [0.15, 0.2) is 0 Å². The number of hydrogen-bond acceptors (Lipinski definition) is 19. The molecule has 0 atom stereocenters. The van der Waals surface area contributed by atoms with E-state index in [0.29, 0.717) is 0 Å². The van der Waals surface area contributed by atoms with Crippen LogP contribution in [-0.2, 0) is 0 Å². The molecule has 0 aromatic carbocycles. The standard InChI is InChI=1S/C3H9N.6C3H8O3/c1-2-3-4;6*4-1-3(6)2-5/h2-4H2,1H3;6*3-6H,1-2H2. The fourth-order valence-electron chi connectivity index (χ4n) is 0.346. The van der Waals surface area contributed by atoms with Gasteiger partial charge in [0.25, 0.3) is 0 Å². The van der Waals surface area contributed by atoms with Crippen molar-refractivity contribution in [3.63, 3.8) is 0 Å². The molecule has 0 spiro atoms. The highest BCUT2D eigenvalue weighted by molar-refractivity contribution is 4.46. The maximum atomic E-state index is 8.17. The van der Waals surface area contributed by atoms with Gasteiger partial charge in [-0.05, 0) is 13.0 Å². The van der Waals surface area contributed by atoms with Crippen LogP contribution in [0.25, 0.3) is 0 Å². The zero-order chi connectivity index (χ0) is 33.4. The third-order valence-corrected chi connectivity index (χ3v) is 2.82. The van der Waals surface area contributed by atoms with E-state index in [1.807, 2.05) is 0 Å². The van der Waals surface area contributed by atoms with Gasteiger partial charge in [-0.15, -0.1) is 0 Å². The van der Waals surface area contributed by atoms with Crippen LogP contribution in [0.3, 0.4) is 0 Å². The lowest BCUT2D eigenvalue weighted by atomic mass is 10.4. The molecule has 0 fully saturated rings. The molecule has 20 N–H and O–H groups in total.